The van der Waals surface area contributed by atoms with Gasteiger partial charge in [-0.05, 0) is 31.0 Å². The van der Waals surface area contributed by atoms with Crippen molar-refractivity contribution in [2.24, 2.45) is 0 Å². The van der Waals surface area contributed by atoms with Crippen molar-refractivity contribution in [1.29, 1.82) is 0 Å². The molecule has 0 radical (unpaired) electrons. The molecule has 2 aromatic heterocycles. The Kier molecular flexibility index (Phi) is 5.51. The van der Waals surface area contributed by atoms with Crippen LogP contribution >= 0.6 is 11.8 Å². The van der Waals surface area contributed by atoms with E-state index in [9.17, 15) is 9.18 Å². The lowest BCUT2D eigenvalue weighted by Gasteiger charge is -2.31. The molecule has 0 aliphatic carbocycles. The average molecular weight is 436 g/mol. The highest BCUT2D eigenvalue weighted by atomic mass is 32.2. The Hall–Kier alpha value is -3.06. The molecule has 1 atom stereocenters. The molecule has 0 saturated carbocycles. The lowest BCUT2D eigenvalue weighted by Crippen LogP contribution is -2.39. The summed E-state index contributed by atoms with van der Waals surface area (Å²) >= 11 is 1.38. The number of likely N-dealkylation sites (tertiary alicyclic amines) is 1. The predicted molar refractivity (Wildman–Crippen MR) is 119 cm³/mol. The predicted octanol–water partition coefficient (Wildman–Crippen LogP) is 5.61. The number of aromatic nitrogens is 2. The summed E-state index contributed by atoms with van der Waals surface area (Å²) in [6.45, 7) is 1.29. The van der Waals surface area contributed by atoms with Crippen molar-refractivity contribution in [2.75, 3.05) is 13.1 Å². The largest absolute Gasteiger partial charge is 0.451 e. The summed E-state index contributed by atoms with van der Waals surface area (Å²) in [7, 11) is 0. The standard InChI is InChI=1S/C24H22FN3O2S/c25-19-8-2-4-10-21(19)31-15-18-17-7-1-3-9-20(17)30-22(18)24(29)28-13-5-6-16(14-28)23-26-11-12-27-23/h1-4,7-12,16H,5-6,13-15H2,(H,26,27). The topological polar surface area (TPSA) is 62.1 Å². The van der Waals surface area contributed by atoms with Crippen molar-refractivity contribution in [2.45, 2.75) is 29.4 Å². The molecule has 1 aliphatic heterocycles. The number of imidazole rings is 1. The van der Waals surface area contributed by atoms with E-state index in [1.165, 1.54) is 17.8 Å². The smallest absolute Gasteiger partial charge is 0.289 e. The van der Waals surface area contributed by atoms with E-state index in [-0.39, 0.29) is 17.6 Å². The van der Waals surface area contributed by atoms with Crippen molar-refractivity contribution in [1.82, 2.24) is 14.9 Å². The number of thioether (sulfide) groups is 1. The van der Waals surface area contributed by atoms with Gasteiger partial charge in [0, 0.05) is 53.0 Å². The summed E-state index contributed by atoms with van der Waals surface area (Å²) in [4.78, 5) is 23.5. The van der Waals surface area contributed by atoms with E-state index in [1.54, 1.807) is 18.3 Å². The van der Waals surface area contributed by atoms with E-state index >= 15 is 0 Å². The zero-order valence-corrected chi connectivity index (χ0v) is 17.7. The van der Waals surface area contributed by atoms with Crippen LogP contribution in [0.15, 0.2) is 70.2 Å². The molecule has 0 bridgehead atoms. The van der Waals surface area contributed by atoms with Crippen LogP contribution in [0.4, 0.5) is 4.39 Å². The van der Waals surface area contributed by atoms with Crippen molar-refractivity contribution >= 4 is 28.6 Å². The molecule has 0 spiro atoms. The molecular weight excluding hydrogens is 413 g/mol. The molecule has 2 aromatic carbocycles. The van der Waals surface area contributed by atoms with Crippen molar-refractivity contribution in [3.8, 4) is 0 Å². The maximum atomic E-state index is 14.1. The molecule has 5 rings (SSSR count). The van der Waals surface area contributed by atoms with Gasteiger partial charge in [-0.1, -0.05) is 30.3 Å². The quantitative estimate of drug-likeness (QED) is 0.414. The van der Waals surface area contributed by atoms with Gasteiger partial charge < -0.3 is 14.3 Å². The fraction of sp³-hybridized carbons (Fsp3) is 0.250. The number of benzene rings is 2. The Balaban J connectivity index is 1.44. The summed E-state index contributed by atoms with van der Waals surface area (Å²) in [5.74, 6) is 1.53. The van der Waals surface area contributed by atoms with Gasteiger partial charge >= 0.3 is 0 Å². The van der Waals surface area contributed by atoms with Crippen LogP contribution in [-0.4, -0.2) is 33.9 Å². The molecule has 158 valence electrons. The first-order valence-corrected chi connectivity index (χ1v) is 11.4. The number of aromatic amines is 1. The minimum Gasteiger partial charge on any atom is -0.451 e. The molecule has 1 amide bonds. The molecular formula is C24H22FN3O2S. The van der Waals surface area contributed by atoms with E-state index in [0.29, 0.717) is 35.1 Å². The number of rotatable bonds is 5. The number of nitrogens with one attached hydrogen (secondary N) is 1. The number of amides is 1. The minimum atomic E-state index is -0.259. The summed E-state index contributed by atoms with van der Waals surface area (Å²) in [5.41, 5.74) is 1.49. The second-order valence-electron chi connectivity index (χ2n) is 7.69. The van der Waals surface area contributed by atoms with Gasteiger partial charge in [-0.15, -0.1) is 11.8 Å². The lowest BCUT2D eigenvalue weighted by atomic mass is 9.97. The number of furan rings is 1. The molecule has 1 saturated heterocycles. The van der Waals surface area contributed by atoms with Crippen molar-refractivity contribution < 1.29 is 13.6 Å². The highest BCUT2D eigenvalue weighted by Gasteiger charge is 2.30. The fourth-order valence-electron chi connectivity index (χ4n) is 4.16. The first-order valence-electron chi connectivity index (χ1n) is 10.4. The number of hydrogen-bond acceptors (Lipinski definition) is 4. The highest BCUT2D eigenvalue weighted by molar-refractivity contribution is 7.98. The van der Waals surface area contributed by atoms with Gasteiger partial charge in [0.1, 0.15) is 17.2 Å². The van der Waals surface area contributed by atoms with Crippen LogP contribution < -0.4 is 0 Å². The normalized spacial score (nSPS) is 16.7. The molecule has 5 nitrogen and oxygen atoms in total. The second kappa shape index (κ2) is 8.59. The molecule has 1 unspecified atom stereocenters. The Bertz CT molecular complexity index is 1200. The Morgan fingerprint density at radius 3 is 2.90 bits per heavy atom. The Morgan fingerprint density at radius 2 is 2.06 bits per heavy atom. The third-order valence-electron chi connectivity index (χ3n) is 5.72. The van der Waals surface area contributed by atoms with E-state index in [2.05, 4.69) is 9.97 Å². The maximum Gasteiger partial charge on any atom is 0.289 e. The zero-order valence-electron chi connectivity index (χ0n) is 16.9. The minimum absolute atomic E-state index is 0.114. The maximum absolute atomic E-state index is 14.1. The number of piperidine rings is 1. The van der Waals surface area contributed by atoms with Crippen molar-refractivity contribution in [3.63, 3.8) is 0 Å². The molecule has 7 heteroatoms. The van der Waals surface area contributed by atoms with Crippen LogP contribution in [0, 0.1) is 5.82 Å². The van der Waals surface area contributed by atoms with Crippen LogP contribution in [0.1, 0.15) is 40.7 Å². The van der Waals surface area contributed by atoms with Gasteiger partial charge in [-0.2, -0.15) is 0 Å². The van der Waals surface area contributed by atoms with E-state index in [0.717, 1.165) is 29.6 Å². The third-order valence-corrected chi connectivity index (χ3v) is 6.79. The SMILES string of the molecule is O=C(c1oc2ccccc2c1CSc1ccccc1F)N1CCCC(c2ncc[nH]2)C1. The lowest BCUT2D eigenvalue weighted by molar-refractivity contribution is 0.0674. The Morgan fingerprint density at radius 1 is 1.23 bits per heavy atom. The zero-order chi connectivity index (χ0) is 21.2. The highest BCUT2D eigenvalue weighted by Crippen LogP contribution is 2.34. The van der Waals surface area contributed by atoms with Gasteiger partial charge in [0.05, 0.1) is 0 Å². The van der Waals surface area contributed by atoms with Crippen molar-refractivity contribution in [3.05, 3.63) is 83.9 Å². The van der Waals surface area contributed by atoms with Gasteiger partial charge in [0.2, 0.25) is 0 Å². The first-order chi connectivity index (χ1) is 15.2. The number of carbonyl (C=O) groups is 1. The average Bonchev–Trinajstić information content (AvgIpc) is 3.47. The van der Waals surface area contributed by atoms with E-state index < -0.39 is 0 Å². The monoisotopic (exact) mass is 435 g/mol. The van der Waals surface area contributed by atoms with Gasteiger partial charge in [0.15, 0.2) is 5.76 Å². The molecule has 3 heterocycles. The van der Waals surface area contributed by atoms with E-state index in [4.69, 9.17) is 4.42 Å². The molecule has 1 fully saturated rings. The van der Waals surface area contributed by atoms with Crippen LogP contribution in [0.3, 0.4) is 0 Å². The number of hydrogen-bond donors (Lipinski definition) is 1. The van der Waals surface area contributed by atoms with Gasteiger partial charge in [-0.3, -0.25) is 4.79 Å². The number of fused-ring (bicyclic) bond motifs is 1. The summed E-state index contributed by atoms with van der Waals surface area (Å²) < 4.78 is 20.2. The summed E-state index contributed by atoms with van der Waals surface area (Å²) in [6, 6.07) is 14.3. The van der Waals surface area contributed by atoms with E-state index in [1.807, 2.05) is 41.4 Å². The number of para-hydroxylation sites is 1. The molecule has 1 aliphatic rings. The summed E-state index contributed by atoms with van der Waals surface area (Å²) in [5, 5.41) is 0.897. The fourth-order valence-corrected chi connectivity index (χ4v) is 5.12. The molecule has 31 heavy (non-hydrogen) atoms. The number of carbonyl (C=O) groups excluding carboxylic acids is 1. The van der Waals surface area contributed by atoms with Crippen LogP contribution in [0.5, 0.6) is 0 Å². The number of H-pyrrole nitrogens is 1. The first kappa shape index (κ1) is 19.9. The summed E-state index contributed by atoms with van der Waals surface area (Å²) in [6.07, 6.45) is 5.46. The molecule has 1 N–H and O–H groups in total. The third kappa shape index (κ3) is 3.97. The van der Waals surface area contributed by atoms with Crippen LogP contribution in [0.2, 0.25) is 0 Å². The molecule has 4 aromatic rings. The number of nitrogens with zero attached hydrogens (tertiary/aromatic N) is 2. The van der Waals surface area contributed by atoms with Gasteiger partial charge in [0.25, 0.3) is 5.91 Å². The second-order valence-corrected chi connectivity index (χ2v) is 8.71. The van der Waals surface area contributed by atoms with Gasteiger partial charge in [-0.25, -0.2) is 9.37 Å². The number of halogens is 1. The van der Waals surface area contributed by atoms with Crippen LogP contribution in [0.25, 0.3) is 11.0 Å². The Labute approximate surface area is 183 Å². The van der Waals surface area contributed by atoms with Crippen LogP contribution in [-0.2, 0) is 5.75 Å².